The number of hydrogen-bond acceptors (Lipinski definition) is 5. The average Bonchev–Trinajstić information content (AvgIpc) is 2.86. The van der Waals surface area contributed by atoms with Crippen LogP contribution in [0, 0.1) is 0 Å². The van der Waals surface area contributed by atoms with Crippen LogP contribution in [0.15, 0.2) is 29.2 Å². The van der Waals surface area contributed by atoms with E-state index in [1.807, 2.05) is 5.32 Å². The molecule has 0 aromatic heterocycles. The summed E-state index contributed by atoms with van der Waals surface area (Å²) in [7, 11) is -3.70. The fourth-order valence-electron chi connectivity index (χ4n) is 2.23. The summed E-state index contributed by atoms with van der Waals surface area (Å²) in [5.74, 6) is -1.21. The molecule has 0 spiro atoms. The van der Waals surface area contributed by atoms with Crippen LogP contribution < -0.4 is 10.7 Å². The summed E-state index contributed by atoms with van der Waals surface area (Å²) in [5.41, 5.74) is 2.33. The van der Waals surface area contributed by atoms with Crippen molar-refractivity contribution in [3.63, 3.8) is 0 Å². The Balaban J connectivity index is 2.22. The summed E-state index contributed by atoms with van der Waals surface area (Å²) in [6.07, 6.45) is 0. The van der Waals surface area contributed by atoms with Gasteiger partial charge >= 0.3 is 6.03 Å². The summed E-state index contributed by atoms with van der Waals surface area (Å²) < 4.78 is 26.2. The summed E-state index contributed by atoms with van der Waals surface area (Å²) >= 11 is 0. The Hall–Kier alpha value is -2.46. The Labute approximate surface area is 139 Å². The number of amides is 4. The lowest BCUT2D eigenvalue weighted by Crippen LogP contribution is -2.44. The number of urea groups is 1. The third-order valence-corrected chi connectivity index (χ3v) is 5.52. The maximum atomic E-state index is 12.5. The molecule has 1 aliphatic heterocycles. The Morgan fingerprint density at radius 1 is 1.29 bits per heavy atom. The standard InChI is InChI=1S/C14H18N4O5S/c1-3-17(4-2)24(22,23)11-7-5-6-10(8-11)13(20)16-18-9-12(19)15-14(18)21/h5-8H,3-4,9H2,1-2H3,(H,16,20)(H,15,19,21). The van der Waals surface area contributed by atoms with Crippen LogP contribution in [0.1, 0.15) is 24.2 Å². The van der Waals surface area contributed by atoms with Crippen molar-refractivity contribution in [3.8, 4) is 0 Å². The molecular formula is C14H18N4O5S. The normalized spacial score (nSPS) is 14.9. The molecule has 4 amide bonds. The summed E-state index contributed by atoms with van der Waals surface area (Å²) in [6, 6.07) is 4.77. The molecule has 0 saturated carbocycles. The zero-order chi connectivity index (χ0) is 17.9. The molecule has 10 heteroatoms. The first kappa shape index (κ1) is 17.9. The molecule has 9 nitrogen and oxygen atoms in total. The summed E-state index contributed by atoms with van der Waals surface area (Å²) in [4.78, 5) is 34.7. The van der Waals surface area contributed by atoms with E-state index in [1.165, 1.54) is 28.6 Å². The maximum absolute atomic E-state index is 12.5. The van der Waals surface area contributed by atoms with E-state index in [9.17, 15) is 22.8 Å². The molecule has 1 heterocycles. The van der Waals surface area contributed by atoms with Gasteiger partial charge in [0.1, 0.15) is 6.54 Å². The number of carbonyl (C=O) groups is 3. The van der Waals surface area contributed by atoms with E-state index in [4.69, 9.17) is 0 Å². The van der Waals surface area contributed by atoms with Crippen LogP contribution in [-0.2, 0) is 14.8 Å². The predicted molar refractivity (Wildman–Crippen MR) is 84.3 cm³/mol. The number of hydrogen-bond donors (Lipinski definition) is 2. The number of sulfonamides is 1. The van der Waals surface area contributed by atoms with Gasteiger partial charge in [0.2, 0.25) is 15.9 Å². The maximum Gasteiger partial charge on any atom is 0.343 e. The minimum absolute atomic E-state index is 0.0131. The lowest BCUT2D eigenvalue weighted by Gasteiger charge is -2.19. The molecule has 0 bridgehead atoms. The zero-order valence-corrected chi connectivity index (χ0v) is 14.1. The van der Waals surface area contributed by atoms with Crippen molar-refractivity contribution in [2.45, 2.75) is 18.7 Å². The van der Waals surface area contributed by atoms with Crippen LogP contribution in [0.3, 0.4) is 0 Å². The SMILES string of the molecule is CCN(CC)S(=O)(=O)c1cccc(C(=O)NN2CC(=O)NC2=O)c1. The van der Waals surface area contributed by atoms with Gasteiger partial charge in [0.05, 0.1) is 4.90 Å². The quantitative estimate of drug-likeness (QED) is 0.693. The highest BCUT2D eigenvalue weighted by atomic mass is 32.2. The topological polar surface area (TPSA) is 116 Å². The number of benzene rings is 1. The van der Waals surface area contributed by atoms with Gasteiger partial charge in [-0.3, -0.25) is 20.3 Å². The molecule has 1 aliphatic rings. The number of rotatable bonds is 6. The van der Waals surface area contributed by atoms with Crippen LogP contribution >= 0.6 is 0 Å². The Morgan fingerprint density at radius 3 is 2.50 bits per heavy atom. The van der Waals surface area contributed by atoms with Gasteiger partial charge in [0.15, 0.2) is 0 Å². The van der Waals surface area contributed by atoms with Gasteiger partial charge in [-0.15, -0.1) is 0 Å². The second-order valence-corrected chi connectivity index (χ2v) is 6.94. The van der Waals surface area contributed by atoms with Crippen molar-refractivity contribution in [2.24, 2.45) is 0 Å². The van der Waals surface area contributed by atoms with Gasteiger partial charge in [-0.2, -0.15) is 4.31 Å². The number of hydrazine groups is 1. The smallest absolute Gasteiger partial charge is 0.275 e. The first-order chi connectivity index (χ1) is 11.3. The first-order valence-electron chi connectivity index (χ1n) is 7.32. The molecule has 2 N–H and O–H groups in total. The highest BCUT2D eigenvalue weighted by molar-refractivity contribution is 7.89. The molecular weight excluding hydrogens is 336 g/mol. The average molecular weight is 354 g/mol. The van der Waals surface area contributed by atoms with Crippen molar-refractivity contribution in [3.05, 3.63) is 29.8 Å². The van der Waals surface area contributed by atoms with Crippen molar-refractivity contribution >= 4 is 27.9 Å². The van der Waals surface area contributed by atoms with E-state index in [0.717, 1.165) is 5.01 Å². The van der Waals surface area contributed by atoms with E-state index in [1.54, 1.807) is 13.8 Å². The van der Waals surface area contributed by atoms with E-state index in [-0.39, 0.29) is 17.0 Å². The second kappa shape index (κ2) is 6.97. The minimum atomic E-state index is -3.70. The van der Waals surface area contributed by atoms with Crippen molar-refractivity contribution in [2.75, 3.05) is 19.6 Å². The van der Waals surface area contributed by atoms with Crippen LogP contribution in [0.4, 0.5) is 4.79 Å². The van der Waals surface area contributed by atoms with Crippen LogP contribution in [-0.4, -0.2) is 55.2 Å². The molecule has 0 aliphatic carbocycles. The molecule has 1 saturated heterocycles. The highest BCUT2D eigenvalue weighted by Gasteiger charge is 2.29. The number of nitrogens with zero attached hydrogens (tertiary/aromatic N) is 2. The first-order valence-corrected chi connectivity index (χ1v) is 8.76. The van der Waals surface area contributed by atoms with Crippen molar-refractivity contribution < 1.29 is 22.8 Å². The lowest BCUT2D eigenvalue weighted by atomic mass is 10.2. The third-order valence-electron chi connectivity index (χ3n) is 3.47. The van der Waals surface area contributed by atoms with E-state index >= 15 is 0 Å². The molecule has 24 heavy (non-hydrogen) atoms. The van der Waals surface area contributed by atoms with E-state index in [2.05, 4.69) is 5.43 Å². The predicted octanol–water partition coefficient (Wildman–Crippen LogP) is -0.0863. The molecule has 0 radical (unpaired) electrons. The second-order valence-electron chi connectivity index (χ2n) is 5.00. The number of carbonyl (C=O) groups excluding carboxylic acids is 3. The van der Waals surface area contributed by atoms with Crippen LogP contribution in [0.5, 0.6) is 0 Å². The number of imide groups is 1. The fourth-order valence-corrected chi connectivity index (χ4v) is 3.73. The monoisotopic (exact) mass is 354 g/mol. The van der Waals surface area contributed by atoms with Gasteiger partial charge in [0, 0.05) is 18.7 Å². The highest BCUT2D eigenvalue weighted by Crippen LogP contribution is 2.17. The Kier molecular flexibility index (Phi) is 5.20. The van der Waals surface area contributed by atoms with Gasteiger partial charge in [-0.25, -0.2) is 18.2 Å². The minimum Gasteiger partial charge on any atom is -0.275 e. The Morgan fingerprint density at radius 2 is 1.96 bits per heavy atom. The molecule has 1 aromatic carbocycles. The third kappa shape index (κ3) is 3.54. The zero-order valence-electron chi connectivity index (χ0n) is 13.3. The molecule has 0 unspecified atom stereocenters. The lowest BCUT2D eigenvalue weighted by molar-refractivity contribution is -0.118. The van der Waals surface area contributed by atoms with E-state index in [0.29, 0.717) is 13.1 Å². The van der Waals surface area contributed by atoms with Gasteiger partial charge in [-0.1, -0.05) is 19.9 Å². The van der Waals surface area contributed by atoms with Crippen molar-refractivity contribution in [1.29, 1.82) is 0 Å². The fraction of sp³-hybridized carbons (Fsp3) is 0.357. The van der Waals surface area contributed by atoms with Gasteiger partial charge in [-0.05, 0) is 18.2 Å². The van der Waals surface area contributed by atoms with Crippen molar-refractivity contribution in [1.82, 2.24) is 20.1 Å². The molecule has 1 aromatic rings. The largest absolute Gasteiger partial charge is 0.343 e. The number of nitrogens with one attached hydrogen (secondary N) is 2. The molecule has 2 rings (SSSR count). The Bertz CT molecular complexity index is 773. The van der Waals surface area contributed by atoms with Gasteiger partial charge in [0.25, 0.3) is 5.91 Å². The summed E-state index contributed by atoms with van der Waals surface area (Å²) in [6.45, 7) is 3.78. The summed E-state index contributed by atoms with van der Waals surface area (Å²) in [5, 5.41) is 2.85. The molecule has 1 fully saturated rings. The van der Waals surface area contributed by atoms with Gasteiger partial charge < -0.3 is 0 Å². The molecule has 0 atom stereocenters. The van der Waals surface area contributed by atoms with E-state index < -0.39 is 27.9 Å². The van der Waals surface area contributed by atoms with Crippen LogP contribution in [0.2, 0.25) is 0 Å². The molecule has 130 valence electrons. The van der Waals surface area contributed by atoms with Crippen LogP contribution in [0.25, 0.3) is 0 Å².